The van der Waals surface area contributed by atoms with Crippen molar-refractivity contribution in [3.8, 4) is 0 Å². The van der Waals surface area contributed by atoms with E-state index in [9.17, 15) is 0 Å². The lowest BCUT2D eigenvalue weighted by Crippen LogP contribution is -2.04. The smallest absolute Gasteiger partial charge is 0.0395 e. The van der Waals surface area contributed by atoms with Crippen LogP contribution in [0.1, 0.15) is 18.1 Å². The summed E-state index contributed by atoms with van der Waals surface area (Å²) in [5.41, 5.74) is 7.94. The average Bonchev–Trinajstić information content (AvgIpc) is 2.19. The van der Waals surface area contributed by atoms with Gasteiger partial charge >= 0.3 is 0 Å². The van der Waals surface area contributed by atoms with Crippen molar-refractivity contribution in [1.29, 1.82) is 0 Å². The van der Waals surface area contributed by atoms with E-state index in [2.05, 4.69) is 29.6 Å². The molecule has 0 spiro atoms. The van der Waals surface area contributed by atoms with Crippen LogP contribution >= 0.6 is 0 Å². The number of nitrogens with two attached hydrogens (primary N) is 1. The van der Waals surface area contributed by atoms with Crippen molar-refractivity contribution in [2.24, 2.45) is 5.73 Å². The highest BCUT2D eigenvalue weighted by Gasteiger charge is 1.90. The van der Waals surface area contributed by atoms with Crippen LogP contribution in [-0.2, 0) is 13.1 Å². The van der Waals surface area contributed by atoms with E-state index in [-0.39, 0.29) is 0 Å². The van der Waals surface area contributed by atoms with Gasteiger partial charge < -0.3 is 11.1 Å². The summed E-state index contributed by atoms with van der Waals surface area (Å²) >= 11 is 0. The van der Waals surface area contributed by atoms with Gasteiger partial charge in [0, 0.05) is 13.1 Å². The van der Waals surface area contributed by atoms with Crippen LogP contribution in [0.5, 0.6) is 0 Å². The maximum atomic E-state index is 5.49. The first kappa shape index (κ1) is 9.81. The standard InChI is InChI=1S/C11H16N2/c1-2-7-13-9-11-5-3-10(8-12)4-6-11/h2-7,13H,8-9,12H2,1H3/b7-2-. The van der Waals surface area contributed by atoms with Gasteiger partial charge in [-0.05, 0) is 24.3 Å². The van der Waals surface area contributed by atoms with Crippen LogP contribution in [0.2, 0.25) is 0 Å². The van der Waals surface area contributed by atoms with Crippen LogP contribution in [0.15, 0.2) is 36.5 Å². The fourth-order valence-corrected chi connectivity index (χ4v) is 1.09. The molecule has 1 rings (SSSR count). The van der Waals surface area contributed by atoms with Crippen LogP contribution in [-0.4, -0.2) is 0 Å². The van der Waals surface area contributed by atoms with E-state index in [0.717, 1.165) is 6.54 Å². The Bertz CT molecular complexity index is 262. The van der Waals surface area contributed by atoms with Gasteiger partial charge in [-0.1, -0.05) is 30.3 Å². The molecule has 0 saturated heterocycles. The Balaban J connectivity index is 2.49. The molecular weight excluding hydrogens is 160 g/mol. The Morgan fingerprint density at radius 1 is 1.23 bits per heavy atom. The minimum Gasteiger partial charge on any atom is -0.387 e. The van der Waals surface area contributed by atoms with Gasteiger partial charge in [-0.3, -0.25) is 0 Å². The molecule has 0 radical (unpaired) electrons. The van der Waals surface area contributed by atoms with Crippen molar-refractivity contribution in [3.63, 3.8) is 0 Å². The summed E-state index contributed by atoms with van der Waals surface area (Å²) < 4.78 is 0. The number of rotatable bonds is 4. The number of hydrogen-bond acceptors (Lipinski definition) is 2. The fraction of sp³-hybridized carbons (Fsp3) is 0.273. The zero-order valence-electron chi connectivity index (χ0n) is 7.96. The summed E-state index contributed by atoms with van der Waals surface area (Å²) in [6.45, 7) is 3.47. The molecule has 2 nitrogen and oxygen atoms in total. The lowest BCUT2D eigenvalue weighted by Gasteiger charge is -2.02. The van der Waals surface area contributed by atoms with Gasteiger partial charge in [-0.15, -0.1) is 0 Å². The molecule has 0 aliphatic carbocycles. The summed E-state index contributed by atoms with van der Waals surface area (Å²) in [5.74, 6) is 0. The summed E-state index contributed by atoms with van der Waals surface area (Å²) in [6.07, 6.45) is 3.92. The van der Waals surface area contributed by atoms with Gasteiger partial charge in [-0.2, -0.15) is 0 Å². The van der Waals surface area contributed by atoms with Crippen molar-refractivity contribution < 1.29 is 0 Å². The van der Waals surface area contributed by atoms with Gasteiger partial charge in [0.2, 0.25) is 0 Å². The van der Waals surface area contributed by atoms with Crippen molar-refractivity contribution in [3.05, 3.63) is 47.7 Å². The third kappa shape index (κ3) is 3.30. The monoisotopic (exact) mass is 176 g/mol. The second-order valence-electron chi connectivity index (χ2n) is 2.90. The summed E-state index contributed by atoms with van der Waals surface area (Å²) in [4.78, 5) is 0. The molecule has 0 atom stereocenters. The molecule has 1 aromatic carbocycles. The van der Waals surface area contributed by atoms with Crippen LogP contribution in [0.4, 0.5) is 0 Å². The molecule has 0 bridgehead atoms. The van der Waals surface area contributed by atoms with Crippen molar-refractivity contribution >= 4 is 0 Å². The van der Waals surface area contributed by atoms with E-state index in [1.165, 1.54) is 11.1 Å². The third-order valence-electron chi connectivity index (χ3n) is 1.85. The molecular formula is C11H16N2. The Hall–Kier alpha value is -1.28. The molecule has 0 heterocycles. The van der Waals surface area contributed by atoms with Crippen LogP contribution < -0.4 is 11.1 Å². The Morgan fingerprint density at radius 2 is 1.85 bits per heavy atom. The molecule has 0 saturated carbocycles. The summed E-state index contributed by atoms with van der Waals surface area (Å²) in [5, 5.41) is 3.18. The lowest BCUT2D eigenvalue weighted by atomic mass is 10.1. The van der Waals surface area contributed by atoms with Crippen molar-refractivity contribution in [1.82, 2.24) is 5.32 Å². The number of nitrogens with one attached hydrogen (secondary N) is 1. The van der Waals surface area contributed by atoms with E-state index in [4.69, 9.17) is 5.73 Å². The highest BCUT2D eigenvalue weighted by molar-refractivity contribution is 5.22. The molecule has 0 aliphatic rings. The molecule has 70 valence electrons. The predicted molar refractivity (Wildman–Crippen MR) is 56.0 cm³/mol. The maximum absolute atomic E-state index is 5.49. The second-order valence-corrected chi connectivity index (χ2v) is 2.90. The van der Waals surface area contributed by atoms with Crippen LogP contribution in [0.25, 0.3) is 0 Å². The lowest BCUT2D eigenvalue weighted by molar-refractivity contribution is 0.866. The Morgan fingerprint density at radius 3 is 2.38 bits per heavy atom. The fourth-order valence-electron chi connectivity index (χ4n) is 1.09. The first-order chi connectivity index (χ1) is 6.36. The number of benzene rings is 1. The van der Waals surface area contributed by atoms with Gasteiger partial charge in [0.05, 0.1) is 0 Å². The van der Waals surface area contributed by atoms with E-state index in [1.807, 2.05) is 19.2 Å². The van der Waals surface area contributed by atoms with Gasteiger partial charge in [0.1, 0.15) is 0 Å². The largest absolute Gasteiger partial charge is 0.387 e. The SMILES string of the molecule is C/C=C\NCc1ccc(CN)cc1. The maximum Gasteiger partial charge on any atom is 0.0395 e. The van der Waals surface area contributed by atoms with Gasteiger partial charge in [0.25, 0.3) is 0 Å². The molecule has 0 amide bonds. The van der Waals surface area contributed by atoms with Crippen LogP contribution in [0, 0.1) is 0 Å². The highest BCUT2D eigenvalue weighted by atomic mass is 14.8. The third-order valence-corrected chi connectivity index (χ3v) is 1.85. The summed E-state index contributed by atoms with van der Waals surface area (Å²) in [7, 11) is 0. The minimum absolute atomic E-state index is 0.614. The number of allylic oxidation sites excluding steroid dienone is 1. The predicted octanol–water partition coefficient (Wildman–Crippen LogP) is 1.77. The molecule has 0 aliphatic heterocycles. The first-order valence-corrected chi connectivity index (χ1v) is 4.49. The topological polar surface area (TPSA) is 38.0 Å². The Kier molecular flexibility index (Phi) is 4.06. The molecule has 2 heteroatoms. The molecule has 1 aromatic rings. The molecule has 13 heavy (non-hydrogen) atoms. The van der Waals surface area contributed by atoms with Crippen LogP contribution in [0.3, 0.4) is 0 Å². The van der Waals surface area contributed by atoms with E-state index >= 15 is 0 Å². The Labute approximate surface area is 79.5 Å². The average molecular weight is 176 g/mol. The quantitative estimate of drug-likeness (QED) is 0.733. The molecule has 0 aromatic heterocycles. The normalized spacial score (nSPS) is 10.6. The van der Waals surface area contributed by atoms with Gasteiger partial charge in [0.15, 0.2) is 0 Å². The second kappa shape index (κ2) is 5.38. The number of hydrogen-bond donors (Lipinski definition) is 2. The van der Waals surface area contributed by atoms with Crippen molar-refractivity contribution in [2.75, 3.05) is 0 Å². The summed E-state index contributed by atoms with van der Waals surface area (Å²) in [6, 6.07) is 8.32. The molecule has 0 unspecified atom stereocenters. The zero-order valence-corrected chi connectivity index (χ0v) is 7.96. The zero-order chi connectivity index (χ0) is 9.52. The van der Waals surface area contributed by atoms with Gasteiger partial charge in [-0.25, -0.2) is 0 Å². The highest BCUT2D eigenvalue weighted by Crippen LogP contribution is 2.02. The molecule has 3 N–H and O–H groups in total. The van der Waals surface area contributed by atoms with E-state index in [0.29, 0.717) is 6.54 Å². The molecule has 0 fully saturated rings. The minimum atomic E-state index is 0.614. The van der Waals surface area contributed by atoms with E-state index < -0.39 is 0 Å². The van der Waals surface area contributed by atoms with Crippen molar-refractivity contribution in [2.45, 2.75) is 20.0 Å². The first-order valence-electron chi connectivity index (χ1n) is 4.49. The van der Waals surface area contributed by atoms with E-state index in [1.54, 1.807) is 0 Å².